The maximum absolute atomic E-state index is 13.4. The summed E-state index contributed by atoms with van der Waals surface area (Å²) in [7, 11) is 0. The highest BCUT2D eigenvalue weighted by molar-refractivity contribution is 6.40. The zero-order valence-corrected chi connectivity index (χ0v) is 9.93. The summed E-state index contributed by atoms with van der Waals surface area (Å²) in [6.07, 6.45) is 0. The van der Waals surface area contributed by atoms with E-state index in [2.05, 4.69) is 4.98 Å². The minimum atomic E-state index is -0.878. The number of aromatic nitrogens is 1. The highest BCUT2D eigenvalue weighted by atomic mass is 35.5. The molecular weight excluding hydrogens is 266 g/mol. The molecule has 1 heterocycles. The minimum Gasteiger partial charge on any atom is -0.508 e. The van der Waals surface area contributed by atoms with Crippen LogP contribution in [0.5, 0.6) is 5.75 Å². The molecule has 0 saturated carbocycles. The Kier molecular flexibility index (Phi) is 3.09. The highest BCUT2D eigenvalue weighted by Crippen LogP contribution is 2.36. The maximum atomic E-state index is 13.4. The Labute approximate surface area is 107 Å². The Balaban J connectivity index is 2.64. The van der Waals surface area contributed by atoms with Crippen LogP contribution in [0.1, 0.15) is 0 Å². The van der Waals surface area contributed by atoms with Gasteiger partial charge in [0.2, 0.25) is 5.95 Å². The van der Waals surface area contributed by atoms with E-state index in [4.69, 9.17) is 34.0 Å². The predicted molar refractivity (Wildman–Crippen MR) is 65.7 cm³/mol. The largest absolute Gasteiger partial charge is 0.508 e. The van der Waals surface area contributed by atoms with E-state index in [-0.39, 0.29) is 27.2 Å². The van der Waals surface area contributed by atoms with Crippen LogP contribution in [0.25, 0.3) is 11.3 Å². The fourth-order valence-electron chi connectivity index (χ4n) is 1.34. The average Bonchev–Trinajstić information content (AvgIpc) is 2.32. The first-order chi connectivity index (χ1) is 8.00. The second kappa shape index (κ2) is 4.39. The van der Waals surface area contributed by atoms with Crippen molar-refractivity contribution in [2.24, 2.45) is 0 Å². The summed E-state index contributed by atoms with van der Waals surface area (Å²) in [5.41, 5.74) is 6.23. The average molecular weight is 273 g/mol. The van der Waals surface area contributed by atoms with Gasteiger partial charge < -0.3 is 10.8 Å². The molecule has 1 aromatic carbocycles. The Morgan fingerprint density at radius 1 is 1.12 bits per heavy atom. The smallest absolute Gasteiger partial charge is 0.234 e. The van der Waals surface area contributed by atoms with E-state index in [0.29, 0.717) is 5.56 Å². The number of phenolic OH excluding ortho intramolecular Hbond substituents is 1. The molecule has 0 fully saturated rings. The lowest BCUT2D eigenvalue weighted by atomic mass is 10.1. The number of nitrogens with zero attached hydrogens (tertiary/aromatic N) is 1. The molecule has 0 atom stereocenters. The normalized spacial score (nSPS) is 10.5. The summed E-state index contributed by atoms with van der Waals surface area (Å²) >= 11 is 11.5. The van der Waals surface area contributed by atoms with E-state index in [1.165, 1.54) is 12.1 Å². The van der Waals surface area contributed by atoms with Crippen LogP contribution in [-0.2, 0) is 0 Å². The minimum absolute atomic E-state index is 0.0519. The summed E-state index contributed by atoms with van der Waals surface area (Å²) in [5.74, 6) is -0.788. The van der Waals surface area contributed by atoms with Crippen LogP contribution < -0.4 is 5.73 Å². The van der Waals surface area contributed by atoms with Crippen molar-refractivity contribution < 1.29 is 9.50 Å². The highest BCUT2D eigenvalue weighted by Gasteiger charge is 2.16. The molecule has 3 nitrogen and oxygen atoms in total. The number of pyridine rings is 1. The summed E-state index contributed by atoms with van der Waals surface area (Å²) < 4.78 is 13.4. The Hall–Kier alpha value is -1.52. The molecular formula is C11H7Cl2FN2O. The van der Waals surface area contributed by atoms with Gasteiger partial charge in [-0.05, 0) is 24.3 Å². The molecule has 0 spiro atoms. The molecule has 17 heavy (non-hydrogen) atoms. The monoisotopic (exact) mass is 272 g/mol. The van der Waals surface area contributed by atoms with Crippen molar-refractivity contribution in [1.29, 1.82) is 0 Å². The first-order valence-electron chi connectivity index (χ1n) is 4.60. The van der Waals surface area contributed by atoms with E-state index in [1.807, 2.05) is 0 Å². The number of benzene rings is 1. The van der Waals surface area contributed by atoms with Gasteiger partial charge in [0, 0.05) is 5.56 Å². The zero-order valence-electron chi connectivity index (χ0n) is 8.42. The van der Waals surface area contributed by atoms with E-state index < -0.39 is 5.95 Å². The van der Waals surface area contributed by atoms with E-state index in [9.17, 15) is 4.39 Å². The number of hydrogen-bond acceptors (Lipinski definition) is 3. The Morgan fingerprint density at radius 2 is 1.71 bits per heavy atom. The second-order valence-electron chi connectivity index (χ2n) is 3.34. The van der Waals surface area contributed by atoms with Gasteiger partial charge >= 0.3 is 0 Å². The molecule has 0 aliphatic rings. The van der Waals surface area contributed by atoms with Crippen molar-refractivity contribution in [3.8, 4) is 17.0 Å². The number of phenols is 1. The summed E-state index contributed by atoms with van der Waals surface area (Å²) in [6.45, 7) is 0. The fourth-order valence-corrected chi connectivity index (χ4v) is 1.77. The Bertz CT molecular complexity index is 573. The van der Waals surface area contributed by atoms with Crippen molar-refractivity contribution in [1.82, 2.24) is 4.98 Å². The van der Waals surface area contributed by atoms with Crippen LogP contribution >= 0.6 is 23.2 Å². The number of hydrogen-bond donors (Lipinski definition) is 2. The molecule has 2 rings (SSSR count). The van der Waals surface area contributed by atoms with Gasteiger partial charge in [0.1, 0.15) is 10.8 Å². The Morgan fingerprint density at radius 3 is 2.29 bits per heavy atom. The van der Waals surface area contributed by atoms with Gasteiger partial charge in [-0.2, -0.15) is 4.39 Å². The van der Waals surface area contributed by atoms with Gasteiger partial charge in [-0.15, -0.1) is 0 Å². The number of aromatic hydroxyl groups is 1. The zero-order chi connectivity index (χ0) is 12.6. The van der Waals surface area contributed by atoms with Gasteiger partial charge in [0.05, 0.1) is 16.4 Å². The summed E-state index contributed by atoms with van der Waals surface area (Å²) in [6, 6.07) is 5.98. The number of halogens is 3. The lowest BCUT2D eigenvalue weighted by Crippen LogP contribution is -1.98. The molecule has 2 aromatic rings. The maximum Gasteiger partial charge on any atom is 0.234 e. The third-order valence-electron chi connectivity index (χ3n) is 2.21. The lowest BCUT2D eigenvalue weighted by molar-refractivity contribution is 0.475. The van der Waals surface area contributed by atoms with Gasteiger partial charge in [0.25, 0.3) is 0 Å². The lowest BCUT2D eigenvalue weighted by Gasteiger charge is -2.08. The van der Waals surface area contributed by atoms with Crippen molar-refractivity contribution in [2.75, 3.05) is 5.73 Å². The van der Waals surface area contributed by atoms with Crippen molar-refractivity contribution >= 4 is 28.9 Å². The molecule has 0 unspecified atom stereocenters. The van der Waals surface area contributed by atoms with Crippen LogP contribution in [0, 0.1) is 5.95 Å². The summed E-state index contributed by atoms with van der Waals surface area (Å²) in [5, 5.41) is 8.94. The third-order valence-corrected chi connectivity index (χ3v) is 2.95. The molecule has 0 amide bonds. The van der Waals surface area contributed by atoms with Crippen molar-refractivity contribution in [3.63, 3.8) is 0 Å². The SMILES string of the molecule is Nc1c(Cl)c(F)nc(-c2ccc(O)cc2)c1Cl. The van der Waals surface area contributed by atoms with Crippen LogP contribution in [-0.4, -0.2) is 10.1 Å². The number of rotatable bonds is 1. The molecule has 0 aliphatic carbocycles. The molecule has 0 radical (unpaired) electrons. The molecule has 0 bridgehead atoms. The van der Waals surface area contributed by atoms with Gasteiger partial charge in [0.15, 0.2) is 0 Å². The number of anilines is 1. The van der Waals surface area contributed by atoms with Crippen molar-refractivity contribution in [3.05, 3.63) is 40.3 Å². The predicted octanol–water partition coefficient (Wildman–Crippen LogP) is 3.48. The van der Waals surface area contributed by atoms with Gasteiger partial charge in [-0.25, -0.2) is 4.98 Å². The van der Waals surface area contributed by atoms with Crippen LogP contribution in [0.4, 0.5) is 10.1 Å². The van der Waals surface area contributed by atoms with Crippen LogP contribution in [0.15, 0.2) is 24.3 Å². The topological polar surface area (TPSA) is 59.1 Å². The van der Waals surface area contributed by atoms with E-state index in [0.717, 1.165) is 0 Å². The second-order valence-corrected chi connectivity index (χ2v) is 4.10. The van der Waals surface area contributed by atoms with Gasteiger partial charge in [-0.1, -0.05) is 23.2 Å². The van der Waals surface area contributed by atoms with Crippen LogP contribution in [0.3, 0.4) is 0 Å². The van der Waals surface area contributed by atoms with Crippen LogP contribution in [0.2, 0.25) is 10.0 Å². The quantitative estimate of drug-likeness (QED) is 0.782. The third kappa shape index (κ3) is 2.14. The van der Waals surface area contributed by atoms with Gasteiger partial charge in [-0.3, -0.25) is 0 Å². The molecule has 0 aliphatic heterocycles. The summed E-state index contributed by atoms with van der Waals surface area (Å²) in [4.78, 5) is 3.64. The molecule has 0 saturated heterocycles. The van der Waals surface area contributed by atoms with E-state index in [1.54, 1.807) is 12.1 Å². The first-order valence-corrected chi connectivity index (χ1v) is 5.35. The molecule has 1 aromatic heterocycles. The molecule has 6 heteroatoms. The molecule has 88 valence electrons. The van der Waals surface area contributed by atoms with E-state index >= 15 is 0 Å². The molecule has 3 N–H and O–H groups in total. The standard InChI is InChI=1S/C11H7Cl2FN2O/c12-7-9(15)8(13)11(14)16-10(7)5-1-3-6(17)4-2-5/h1-4,17H,(H2,15,16). The number of nitrogen functional groups attached to an aromatic ring is 1. The first kappa shape index (κ1) is 12.0. The van der Waals surface area contributed by atoms with Crippen molar-refractivity contribution in [2.45, 2.75) is 0 Å². The number of nitrogens with two attached hydrogens (primary N) is 1. The fraction of sp³-hybridized carbons (Fsp3) is 0.